The van der Waals surface area contributed by atoms with Crippen molar-refractivity contribution >= 4 is 24.4 Å². The fourth-order valence-corrected chi connectivity index (χ4v) is 2.98. The normalized spacial score (nSPS) is 33.1. The van der Waals surface area contributed by atoms with E-state index in [2.05, 4.69) is 12.6 Å². The topological polar surface area (TPSA) is 37.4 Å². The van der Waals surface area contributed by atoms with Gasteiger partial charge in [0, 0.05) is 18.4 Å². The molecule has 2 rings (SSSR count). The summed E-state index contributed by atoms with van der Waals surface area (Å²) >= 11 is 4.36. The molecule has 0 spiro atoms. The minimum atomic E-state index is -0.149. The third kappa shape index (κ3) is 1.67. The third-order valence-electron chi connectivity index (χ3n) is 4.30. The van der Waals surface area contributed by atoms with Gasteiger partial charge in [-0.1, -0.05) is 20.3 Å². The summed E-state index contributed by atoms with van der Waals surface area (Å²) in [6.45, 7) is 4.28. The number of hydrogen-bond donors (Lipinski definition) is 1. The summed E-state index contributed by atoms with van der Waals surface area (Å²) in [7, 11) is 0. The lowest BCUT2D eigenvalue weighted by atomic mass is 9.70. The summed E-state index contributed by atoms with van der Waals surface area (Å²) in [6, 6.07) is 0. The predicted octanol–water partition coefficient (Wildman–Crippen LogP) is 1.73. The van der Waals surface area contributed by atoms with Gasteiger partial charge in [-0.3, -0.25) is 14.5 Å². The van der Waals surface area contributed by atoms with E-state index in [4.69, 9.17) is 0 Å². The Morgan fingerprint density at radius 1 is 1.25 bits per heavy atom. The Hall–Kier alpha value is -0.510. The van der Waals surface area contributed by atoms with Gasteiger partial charge >= 0.3 is 0 Å². The quantitative estimate of drug-likeness (QED) is 0.603. The van der Waals surface area contributed by atoms with Crippen LogP contribution in [0.4, 0.5) is 0 Å². The Bertz CT molecular complexity index is 299. The third-order valence-corrected chi connectivity index (χ3v) is 4.98. The highest BCUT2D eigenvalue weighted by Crippen LogP contribution is 2.43. The van der Waals surface area contributed by atoms with Crippen molar-refractivity contribution in [3.63, 3.8) is 0 Å². The first-order chi connectivity index (χ1) is 7.51. The van der Waals surface area contributed by atoms with Crippen LogP contribution in [0.15, 0.2) is 0 Å². The van der Waals surface area contributed by atoms with Gasteiger partial charge in [0.05, 0.1) is 0 Å². The molecule has 3 nitrogen and oxygen atoms in total. The number of carbonyl (C=O) groups is 2. The van der Waals surface area contributed by atoms with Gasteiger partial charge in [-0.15, -0.1) is 0 Å². The fraction of sp³-hybridized carbons (Fsp3) is 0.833. The monoisotopic (exact) mass is 241 g/mol. The second-order valence-electron chi connectivity index (χ2n) is 5.35. The number of amides is 2. The second-order valence-corrected chi connectivity index (χ2v) is 5.67. The first-order valence-electron chi connectivity index (χ1n) is 5.97. The standard InChI is InChI=1S/C12H19NO2S/c1-8-9(2)11(15)13(10(8)14)6-12(7-16)4-3-5-12/h8-9,16H,3-7H2,1-2H3. The highest BCUT2D eigenvalue weighted by molar-refractivity contribution is 7.80. The molecule has 0 aromatic carbocycles. The second kappa shape index (κ2) is 4.06. The van der Waals surface area contributed by atoms with Gasteiger partial charge in [0.1, 0.15) is 0 Å². The van der Waals surface area contributed by atoms with E-state index in [9.17, 15) is 9.59 Å². The van der Waals surface area contributed by atoms with Crippen LogP contribution in [0.5, 0.6) is 0 Å². The van der Waals surface area contributed by atoms with E-state index in [1.165, 1.54) is 11.3 Å². The van der Waals surface area contributed by atoms with Crippen molar-refractivity contribution in [3.05, 3.63) is 0 Å². The molecule has 2 aliphatic rings. The minimum absolute atomic E-state index is 0.00515. The Kier molecular flexibility index (Phi) is 3.03. The lowest BCUT2D eigenvalue weighted by Crippen LogP contribution is -2.46. The first-order valence-corrected chi connectivity index (χ1v) is 6.60. The molecular weight excluding hydrogens is 222 g/mol. The Morgan fingerprint density at radius 3 is 2.06 bits per heavy atom. The van der Waals surface area contributed by atoms with Crippen molar-refractivity contribution in [3.8, 4) is 0 Å². The molecule has 0 radical (unpaired) electrons. The molecule has 2 unspecified atom stereocenters. The molecule has 0 aromatic heterocycles. The zero-order chi connectivity index (χ0) is 11.9. The van der Waals surface area contributed by atoms with Crippen LogP contribution in [0.3, 0.4) is 0 Å². The first kappa shape index (κ1) is 12.0. The molecule has 2 atom stereocenters. The van der Waals surface area contributed by atoms with Crippen LogP contribution in [-0.2, 0) is 9.59 Å². The maximum Gasteiger partial charge on any atom is 0.232 e. The van der Waals surface area contributed by atoms with Gasteiger partial charge in [-0.2, -0.15) is 12.6 Å². The SMILES string of the molecule is CC1C(=O)N(CC2(CS)CCC2)C(=O)C1C. The van der Waals surface area contributed by atoms with Gasteiger partial charge in [0.15, 0.2) is 0 Å². The van der Waals surface area contributed by atoms with Crippen molar-refractivity contribution in [2.75, 3.05) is 12.3 Å². The van der Waals surface area contributed by atoms with Crippen molar-refractivity contribution in [1.29, 1.82) is 0 Å². The van der Waals surface area contributed by atoms with Crippen molar-refractivity contribution in [1.82, 2.24) is 4.90 Å². The summed E-state index contributed by atoms with van der Waals surface area (Å²) in [4.78, 5) is 25.4. The van der Waals surface area contributed by atoms with E-state index in [0.717, 1.165) is 18.6 Å². The average molecular weight is 241 g/mol. The molecule has 16 heavy (non-hydrogen) atoms. The molecule has 0 aromatic rings. The molecule has 2 fully saturated rings. The zero-order valence-electron chi connectivity index (χ0n) is 9.90. The smallest absolute Gasteiger partial charge is 0.232 e. The van der Waals surface area contributed by atoms with Crippen LogP contribution in [0, 0.1) is 17.3 Å². The van der Waals surface area contributed by atoms with E-state index >= 15 is 0 Å². The molecule has 1 aliphatic carbocycles. The Morgan fingerprint density at radius 2 is 1.75 bits per heavy atom. The predicted molar refractivity (Wildman–Crippen MR) is 65.2 cm³/mol. The van der Waals surface area contributed by atoms with E-state index in [1.54, 1.807) is 0 Å². The molecule has 4 heteroatoms. The maximum atomic E-state index is 11.9. The number of rotatable bonds is 3. The number of thiol groups is 1. The maximum absolute atomic E-state index is 11.9. The highest BCUT2D eigenvalue weighted by Gasteiger charge is 2.47. The molecule has 0 N–H and O–H groups in total. The summed E-state index contributed by atoms with van der Waals surface area (Å²) in [6.07, 6.45) is 3.38. The lowest BCUT2D eigenvalue weighted by molar-refractivity contribution is -0.142. The highest BCUT2D eigenvalue weighted by atomic mass is 32.1. The van der Waals surface area contributed by atoms with Crippen LogP contribution in [0.25, 0.3) is 0 Å². The van der Waals surface area contributed by atoms with Gasteiger partial charge in [-0.05, 0) is 24.0 Å². The van der Waals surface area contributed by atoms with Crippen LogP contribution < -0.4 is 0 Å². The number of nitrogens with zero attached hydrogens (tertiary/aromatic N) is 1. The number of imide groups is 1. The summed E-state index contributed by atoms with van der Waals surface area (Å²) < 4.78 is 0. The average Bonchev–Trinajstić information content (AvgIpc) is 2.40. The van der Waals surface area contributed by atoms with E-state index < -0.39 is 0 Å². The van der Waals surface area contributed by atoms with Crippen LogP contribution >= 0.6 is 12.6 Å². The van der Waals surface area contributed by atoms with Crippen molar-refractivity contribution in [2.24, 2.45) is 17.3 Å². The molecule has 1 heterocycles. The van der Waals surface area contributed by atoms with Crippen molar-refractivity contribution in [2.45, 2.75) is 33.1 Å². The molecular formula is C12H19NO2S. The van der Waals surface area contributed by atoms with Crippen LogP contribution in [0.1, 0.15) is 33.1 Å². The molecule has 1 saturated carbocycles. The van der Waals surface area contributed by atoms with Crippen LogP contribution in [-0.4, -0.2) is 29.0 Å². The van der Waals surface area contributed by atoms with E-state index in [1.807, 2.05) is 13.8 Å². The van der Waals surface area contributed by atoms with Crippen molar-refractivity contribution < 1.29 is 9.59 Å². The van der Waals surface area contributed by atoms with Gasteiger partial charge in [0.2, 0.25) is 11.8 Å². The molecule has 90 valence electrons. The van der Waals surface area contributed by atoms with E-state index in [0.29, 0.717) is 6.54 Å². The van der Waals surface area contributed by atoms with E-state index in [-0.39, 0.29) is 29.1 Å². The van der Waals surface area contributed by atoms with Crippen LogP contribution in [0.2, 0.25) is 0 Å². The number of carbonyl (C=O) groups excluding carboxylic acids is 2. The summed E-state index contributed by atoms with van der Waals surface area (Å²) in [5.74, 6) is 0.484. The van der Waals surface area contributed by atoms with Gasteiger partial charge in [-0.25, -0.2) is 0 Å². The molecule has 0 bridgehead atoms. The minimum Gasteiger partial charge on any atom is -0.282 e. The molecule has 1 aliphatic heterocycles. The van der Waals surface area contributed by atoms with Gasteiger partial charge < -0.3 is 0 Å². The zero-order valence-corrected chi connectivity index (χ0v) is 10.8. The number of hydrogen-bond acceptors (Lipinski definition) is 3. The largest absolute Gasteiger partial charge is 0.282 e. The Balaban J connectivity index is 2.10. The Labute approximate surface area is 102 Å². The number of likely N-dealkylation sites (tertiary alicyclic amines) is 1. The van der Waals surface area contributed by atoms with Gasteiger partial charge in [0.25, 0.3) is 0 Å². The summed E-state index contributed by atoms with van der Waals surface area (Å²) in [5, 5.41) is 0. The molecule has 2 amide bonds. The lowest BCUT2D eigenvalue weighted by Gasteiger charge is -2.42. The fourth-order valence-electron chi connectivity index (χ4n) is 2.56. The summed E-state index contributed by atoms with van der Waals surface area (Å²) in [5.41, 5.74) is 0.109. The molecule has 1 saturated heterocycles.